The average Bonchev–Trinajstić information content (AvgIpc) is 2.94. The van der Waals surface area contributed by atoms with Gasteiger partial charge in [-0.15, -0.1) is 0 Å². The lowest BCUT2D eigenvalue weighted by Gasteiger charge is -2.19. The van der Waals surface area contributed by atoms with Crippen molar-refractivity contribution in [2.24, 2.45) is 11.7 Å². The second-order valence-electron chi connectivity index (χ2n) is 5.41. The van der Waals surface area contributed by atoms with E-state index in [9.17, 15) is 4.79 Å². The molecule has 0 bridgehead atoms. The summed E-state index contributed by atoms with van der Waals surface area (Å²) >= 11 is 0. The number of carbonyl (C=O) groups is 1. The van der Waals surface area contributed by atoms with Gasteiger partial charge in [0.1, 0.15) is 0 Å². The maximum Gasteiger partial charge on any atom is 0.292 e. The molecule has 1 amide bonds. The van der Waals surface area contributed by atoms with Crippen molar-refractivity contribution >= 4 is 5.91 Å². The van der Waals surface area contributed by atoms with Crippen molar-refractivity contribution in [2.45, 2.75) is 39.2 Å². The van der Waals surface area contributed by atoms with Gasteiger partial charge < -0.3 is 15.2 Å². The van der Waals surface area contributed by atoms with Gasteiger partial charge in [0.05, 0.1) is 5.69 Å². The zero-order chi connectivity index (χ0) is 13.3. The molecule has 5 heteroatoms. The number of nitrogens with zero attached hydrogens (tertiary/aromatic N) is 2. The van der Waals surface area contributed by atoms with Gasteiger partial charge in [0.2, 0.25) is 5.76 Å². The molecule has 1 fully saturated rings. The number of amides is 1. The standard InChI is InChI=1S/C13H21N3O2/c1-8(2)11-5-12(18-15-11)13(17)16-7-10(6-14)4-9(16)3/h5,8-10H,4,6-7,14H2,1-3H3. The molecule has 100 valence electrons. The molecule has 0 radical (unpaired) electrons. The third kappa shape index (κ3) is 2.41. The lowest BCUT2D eigenvalue weighted by Crippen LogP contribution is -2.34. The molecular formula is C13H21N3O2. The Morgan fingerprint density at radius 2 is 2.39 bits per heavy atom. The highest BCUT2D eigenvalue weighted by atomic mass is 16.5. The molecule has 0 aromatic carbocycles. The molecule has 1 saturated heterocycles. The van der Waals surface area contributed by atoms with Crippen LogP contribution in [-0.2, 0) is 0 Å². The van der Waals surface area contributed by atoms with Crippen molar-refractivity contribution < 1.29 is 9.32 Å². The van der Waals surface area contributed by atoms with Crippen LogP contribution in [0.15, 0.2) is 10.6 Å². The minimum absolute atomic E-state index is 0.0714. The molecule has 1 aromatic rings. The molecule has 0 saturated carbocycles. The predicted molar refractivity (Wildman–Crippen MR) is 68.3 cm³/mol. The van der Waals surface area contributed by atoms with Crippen LogP contribution in [0, 0.1) is 5.92 Å². The van der Waals surface area contributed by atoms with E-state index in [1.807, 2.05) is 25.7 Å². The Balaban J connectivity index is 2.11. The van der Waals surface area contributed by atoms with Gasteiger partial charge in [0, 0.05) is 18.7 Å². The number of likely N-dealkylation sites (tertiary alicyclic amines) is 1. The van der Waals surface area contributed by atoms with Gasteiger partial charge >= 0.3 is 0 Å². The summed E-state index contributed by atoms with van der Waals surface area (Å²) in [6.45, 7) is 7.44. The van der Waals surface area contributed by atoms with Crippen molar-refractivity contribution in [3.8, 4) is 0 Å². The van der Waals surface area contributed by atoms with Crippen LogP contribution in [0.25, 0.3) is 0 Å². The fraction of sp³-hybridized carbons (Fsp3) is 0.692. The number of rotatable bonds is 3. The van der Waals surface area contributed by atoms with Crippen LogP contribution in [-0.4, -0.2) is 35.1 Å². The summed E-state index contributed by atoms with van der Waals surface area (Å²) in [5.74, 6) is 0.931. The van der Waals surface area contributed by atoms with E-state index >= 15 is 0 Å². The second kappa shape index (κ2) is 5.10. The Kier molecular flexibility index (Phi) is 3.71. The molecule has 1 aromatic heterocycles. The Hall–Kier alpha value is -1.36. The molecular weight excluding hydrogens is 230 g/mol. The lowest BCUT2D eigenvalue weighted by molar-refractivity contribution is 0.0701. The molecule has 0 aliphatic carbocycles. The summed E-state index contributed by atoms with van der Waals surface area (Å²) in [7, 11) is 0. The van der Waals surface area contributed by atoms with E-state index < -0.39 is 0 Å². The van der Waals surface area contributed by atoms with E-state index in [-0.39, 0.29) is 17.9 Å². The van der Waals surface area contributed by atoms with Crippen LogP contribution in [0.2, 0.25) is 0 Å². The summed E-state index contributed by atoms with van der Waals surface area (Å²) in [4.78, 5) is 14.1. The van der Waals surface area contributed by atoms with Crippen molar-refractivity contribution in [1.29, 1.82) is 0 Å². The van der Waals surface area contributed by atoms with Gasteiger partial charge in [-0.1, -0.05) is 19.0 Å². The van der Waals surface area contributed by atoms with Crippen molar-refractivity contribution in [3.05, 3.63) is 17.5 Å². The van der Waals surface area contributed by atoms with E-state index in [1.54, 1.807) is 6.07 Å². The highest BCUT2D eigenvalue weighted by molar-refractivity contribution is 5.91. The molecule has 2 N–H and O–H groups in total. The normalized spacial score (nSPS) is 23.9. The minimum atomic E-state index is -0.0714. The number of hydrogen-bond acceptors (Lipinski definition) is 4. The van der Waals surface area contributed by atoms with Gasteiger partial charge in [-0.05, 0) is 31.7 Å². The number of aromatic nitrogens is 1. The summed E-state index contributed by atoms with van der Waals surface area (Å²) in [6.07, 6.45) is 0.966. The highest BCUT2D eigenvalue weighted by Gasteiger charge is 2.33. The summed E-state index contributed by atoms with van der Waals surface area (Å²) in [6, 6.07) is 1.97. The largest absolute Gasteiger partial charge is 0.351 e. The lowest BCUT2D eigenvalue weighted by atomic mass is 10.1. The van der Waals surface area contributed by atoms with Crippen molar-refractivity contribution in [3.63, 3.8) is 0 Å². The highest BCUT2D eigenvalue weighted by Crippen LogP contribution is 2.25. The van der Waals surface area contributed by atoms with Gasteiger partial charge in [-0.3, -0.25) is 4.79 Å². The first-order valence-corrected chi connectivity index (χ1v) is 6.50. The fourth-order valence-corrected chi connectivity index (χ4v) is 2.40. The quantitative estimate of drug-likeness (QED) is 0.885. The van der Waals surface area contributed by atoms with Crippen LogP contribution >= 0.6 is 0 Å². The molecule has 1 aliphatic rings. The number of nitrogens with two attached hydrogens (primary N) is 1. The van der Waals surface area contributed by atoms with E-state index in [0.717, 1.165) is 12.1 Å². The van der Waals surface area contributed by atoms with Crippen LogP contribution < -0.4 is 5.73 Å². The summed E-state index contributed by atoms with van der Waals surface area (Å²) in [5.41, 5.74) is 6.49. The first kappa shape index (κ1) is 13.1. The Labute approximate surface area is 107 Å². The average molecular weight is 251 g/mol. The zero-order valence-electron chi connectivity index (χ0n) is 11.2. The summed E-state index contributed by atoms with van der Waals surface area (Å²) in [5, 5.41) is 3.93. The molecule has 1 aliphatic heterocycles. The molecule has 2 heterocycles. The molecule has 2 rings (SSSR count). The SMILES string of the molecule is CC(C)c1cc(C(=O)N2CC(CN)CC2C)on1. The van der Waals surface area contributed by atoms with E-state index in [1.165, 1.54) is 0 Å². The Morgan fingerprint density at radius 3 is 2.89 bits per heavy atom. The third-order valence-electron chi connectivity index (χ3n) is 3.59. The molecule has 18 heavy (non-hydrogen) atoms. The molecule has 0 spiro atoms. The van der Waals surface area contributed by atoms with Gasteiger partial charge in [0.25, 0.3) is 5.91 Å². The predicted octanol–water partition coefficient (Wildman–Crippen LogP) is 1.61. The fourth-order valence-electron chi connectivity index (χ4n) is 2.40. The monoisotopic (exact) mass is 251 g/mol. The second-order valence-corrected chi connectivity index (χ2v) is 5.41. The Morgan fingerprint density at radius 1 is 1.67 bits per heavy atom. The molecule has 5 nitrogen and oxygen atoms in total. The van der Waals surface area contributed by atoms with Crippen molar-refractivity contribution in [1.82, 2.24) is 10.1 Å². The topological polar surface area (TPSA) is 72.4 Å². The smallest absolute Gasteiger partial charge is 0.292 e. The zero-order valence-corrected chi connectivity index (χ0v) is 11.2. The minimum Gasteiger partial charge on any atom is -0.351 e. The van der Waals surface area contributed by atoms with Gasteiger partial charge in [-0.25, -0.2) is 0 Å². The Bertz CT molecular complexity index is 428. The van der Waals surface area contributed by atoms with Gasteiger partial charge in [0.15, 0.2) is 0 Å². The first-order chi connectivity index (χ1) is 8.52. The maximum atomic E-state index is 12.3. The first-order valence-electron chi connectivity index (χ1n) is 6.50. The summed E-state index contributed by atoms with van der Waals surface area (Å²) < 4.78 is 5.14. The van der Waals surface area contributed by atoms with E-state index in [2.05, 4.69) is 5.16 Å². The van der Waals surface area contributed by atoms with Gasteiger partial charge in [-0.2, -0.15) is 0 Å². The van der Waals surface area contributed by atoms with Crippen LogP contribution in [0.5, 0.6) is 0 Å². The van der Waals surface area contributed by atoms with Crippen molar-refractivity contribution in [2.75, 3.05) is 13.1 Å². The maximum absolute atomic E-state index is 12.3. The third-order valence-corrected chi connectivity index (χ3v) is 3.59. The molecule has 2 atom stereocenters. The van der Waals surface area contributed by atoms with Crippen LogP contribution in [0.3, 0.4) is 0 Å². The number of hydrogen-bond donors (Lipinski definition) is 1. The molecule has 2 unspecified atom stereocenters. The van der Waals surface area contributed by atoms with Crippen LogP contribution in [0.1, 0.15) is 49.4 Å². The number of carbonyl (C=O) groups excluding carboxylic acids is 1. The van der Waals surface area contributed by atoms with E-state index in [4.69, 9.17) is 10.3 Å². The van der Waals surface area contributed by atoms with Crippen LogP contribution in [0.4, 0.5) is 0 Å². The van der Waals surface area contributed by atoms with E-state index in [0.29, 0.717) is 24.8 Å².